The number of carbonyl (C=O) groups excluding carboxylic acids is 1. The molecule has 0 spiro atoms. The van der Waals surface area contributed by atoms with Crippen molar-refractivity contribution < 1.29 is 9.53 Å². The average Bonchev–Trinajstić information content (AvgIpc) is 3.16. The van der Waals surface area contributed by atoms with Gasteiger partial charge in [-0.1, -0.05) is 28.1 Å². The first-order valence-corrected chi connectivity index (χ1v) is 9.65. The minimum atomic E-state index is -0.302. The first-order valence-electron chi connectivity index (χ1n) is 8.45. The van der Waals surface area contributed by atoms with Gasteiger partial charge in [0.15, 0.2) is 11.7 Å². The maximum atomic E-state index is 12.0. The molecule has 2 aromatic rings. The number of rotatable bonds is 5. The van der Waals surface area contributed by atoms with E-state index in [0.29, 0.717) is 5.75 Å². The van der Waals surface area contributed by atoms with E-state index in [9.17, 15) is 4.79 Å². The number of halogens is 1. The summed E-state index contributed by atoms with van der Waals surface area (Å²) in [7, 11) is 0. The Kier molecular flexibility index (Phi) is 6.46. The van der Waals surface area contributed by atoms with Crippen LogP contribution in [0.25, 0.3) is 0 Å². The van der Waals surface area contributed by atoms with Crippen molar-refractivity contribution in [2.24, 2.45) is 0 Å². The lowest BCUT2D eigenvalue weighted by Gasteiger charge is -2.22. The number of para-hydroxylation sites is 2. The fraction of sp³-hybridized carbons (Fsp3) is 0.263. The molecule has 5 nitrogen and oxygen atoms in total. The highest BCUT2D eigenvalue weighted by Gasteiger charge is 2.16. The van der Waals surface area contributed by atoms with Crippen molar-refractivity contribution in [3.63, 3.8) is 0 Å². The zero-order chi connectivity index (χ0) is 18.4. The van der Waals surface area contributed by atoms with Gasteiger partial charge in [-0.25, -0.2) is 0 Å². The van der Waals surface area contributed by atoms with Crippen LogP contribution in [0.2, 0.25) is 0 Å². The molecule has 1 amide bonds. The molecular weight excluding hydrogens is 414 g/mol. The van der Waals surface area contributed by atoms with Gasteiger partial charge in [0.2, 0.25) is 0 Å². The van der Waals surface area contributed by atoms with Crippen LogP contribution in [0, 0.1) is 0 Å². The summed E-state index contributed by atoms with van der Waals surface area (Å²) in [5.74, 6) is 0.325. The first-order chi connectivity index (χ1) is 12.6. The zero-order valence-corrected chi connectivity index (χ0v) is 16.6. The summed E-state index contributed by atoms with van der Waals surface area (Å²) in [6, 6.07) is 15.3. The molecule has 7 heteroatoms. The molecule has 2 aromatic carbocycles. The Morgan fingerprint density at radius 2 is 1.81 bits per heavy atom. The lowest BCUT2D eigenvalue weighted by Crippen LogP contribution is -2.37. The molecule has 1 aliphatic rings. The number of benzene rings is 2. The fourth-order valence-corrected chi connectivity index (χ4v) is 3.30. The number of hydrogen-bond donors (Lipinski definition) is 2. The Bertz CT molecular complexity index is 777. The second-order valence-electron chi connectivity index (χ2n) is 5.96. The molecule has 0 radical (unpaired) electrons. The summed E-state index contributed by atoms with van der Waals surface area (Å²) in [6.45, 7) is 1.98. The molecule has 3 rings (SSSR count). The Morgan fingerprint density at radius 1 is 1.12 bits per heavy atom. The van der Waals surface area contributed by atoms with Crippen molar-refractivity contribution in [2.75, 3.05) is 29.9 Å². The molecule has 0 atom stereocenters. The molecule has 0 aliphatic carbocycles. The van der Waals surface area contributed by atoms with E-state index >= 15 is 0 Å². The van der Waals surface area contributed by atoms with E-state index in [1.165, 1.54) is 12.8 Å². The minimum absolute atomic E-state index is 0.1000. The van der Waals surface area contributed by atoms with Crippen molar-refractivity contribution in [3.8, 4) is 5.75 Å². The summed E-state index contributed by atoms with van der Waals surface area (Å²) in [5, 5.41) is 6.04. The van der Waals surface area contributed by atoms with Crippen molar-refractivity contribution in [3.05, 3.63) is 53.0 Å². The van der Waals surface area contributed by atoms with Crippen LogP contribution in [0.1, 0.15) is 12.8 Å². The molecule has 1 heterocycles. The third kappa shape index (κ3) is 5.19. The van der Waals surface area contributed by atoms with Crippen LogP contribution in [0.3, 0.4) is 0 Å². The molecule has 0 bridgehead atoms. The number of nitrogens with zero attached hydrogens (tertiary/aromatic N) is 1. The van der Waals surface area contributed by atoms with Crippen molar-refractivity contribution in [1.82, 2.24) is 5.32 Å². The van der Waals surface area contributed by atoms with E-state index in [1.807, 2.05) is 30.3 Å². The maximum absolute atomic E-state index is 12.0. The molecule has 26 heavy (non-hydrogen) atoms. The van der Waals surface area contributed by atoms with Crippen LogP contribution in [-0.2, 0) is 4.79 Å². The van der Waals surface area contributed by atoms with Gasteiger partial charge in [0.1, 0.15) is 5.75 Å². The lowest BCUT2D eigenvalue weighted by atomic mass is 10.2. The third-order valence-corrected chi connectivity index (χ3v) is 4.77. The highest BCUT2D eigenvalue weighted by Crippen LogP contribution is 2.28. The first kappa shape index (κ1) is 18.7. The number of ether oxygens (including phenoxy) is 1. The Balaban J connectivity index is 1.52. The average molecular weight is 434 g/mol. The number of hydrogen-bond acceptors (Lipinski definition) is 4. The topological polar surface area (TPSA) is 53.6 Å². The second kappa shape index (κ2) is 9.00. The Morgan fingerprint density at radius 3 is 2.54 bits per heavy atom. The van der Waals surface area contributed by atoms with Crippen LogP contribution in [0.5, 0.6) is 5.75 Å². The molecule has 1 fully saturated rings. The van der Waals surface area contributed by atoms with E-state index in [4.69, 9.17) is 17.0 Å². The summed E-state index contributed by atoms with van der Waals surface area (Å²) >= 11 is 8.63. The second-order valence-corrected chi connectivity index (χ2v) is 7.28. The lowest BCUT2D eigenvalue weighted by molar-refractivity contribution is -0.121. The quantitative estimate of drug-likeness (QED) is 0.699. The molecule has 0 unspecified atom stereocenters. The molecule has 0 saturated carbocycles. The third-order valence-electron chi connectivity index (χ3n) is 4.04. The van der Waals surface area contributed by atoms with E-state index in [0.717, 1.165) is 28.9 Å². The predicted molar refractivity (Wildman–Crippen MR) is 112 cm³/mol. The van der Waals surface area contributed by atoms with E-state index in [-0.39, 0.29) is 17.6 Å². The molecule has 1 saturated heterocycles. The van der Waals surface area contributed by atoms with Crippen molar-refractivity contribution >= 4 is 50.5 Å². The fourth-order valence-electron chi connectivity index (χ4n) is 2.81. The number of anilines is 2. The molecular formula is C19H20BrN3O2S. The summed E-state index contributed by atoms with van der Waals surface area (Å²) in [5.41, 5.74) is 2.00. The SMILES string of the molecule is O=C(COc1ccc(Br)cc1)NC(=S)Nc1ccccc1N1CCCC1. The van der Waals surface area contributed by atoms with Gasteiger partial charge in [-0.3, -0.25) is 10.1 Å². The van der Waals surface area contributed by atoms with Crippen LogP contribution >= 0.6 is 28.1 Å². The van der Waals surface area contributed by atoms with E-state index in [1.54, 1.807) is 12.1 Å². The van der Waals surface area contributed by atoms with Gasteiger partial charge in [-0.15, -0.1) is 0 Å². The monoisotopic (exact) mass is 433 g/mol. The number of thiocarbonyl (C=S) groups is 1. The highest BCUT2D eigenvalue weighted by atomic mass is 79.9. The summed E-state index contributed by atoms with van der Waals surface area (Å²) < 4.78 is 6.41. The van der Waals surface area contributed by atoms with Crippen LogP contribution in [0.4, 0.5) is 11.4 Å². The maximum Gasteiger partial charge on any atom is 0.264 e. The van der Waals surface area contributed by atoms with Crippen molar-refractivity contribution in [1.29, 1.82) is 0 Å². The number of amides is 1. The van der Waals surface area contributed by atoms with Gasteiger partial charge < -0.3 is 15.0 Å². The Hall–Kier alpha value is -2.12. The largest absolute Gasteiger partial charge is 0.484 e. The molecule has 136 valence electrons. The van der Waals surface area contributed by atoms with Gasteiger partial charge in [-0.05, 0) is 61.5 Å². The number of carbonyl (C=O) groups is 1. The molecule has 1 aliphatic heterocycles. The molecule has 0 aromatic heterocycles. The smallest absolute Gasteiger partial charge is 0.264 e. The molecule has 2 N–H and O–H groups in total. The van der Waals surface area contributed by atoms with Gasteiger partial charge in [-0.2, -0.15) is 0 Å². The Labute approximate surface area is 166 Å². The van der Waals surface area contributed by atoms with E-state index in [2.05, 4.69) is 37.5 Å². The summed E-state index contributed by atoms with van der Waals surface area (Å²) in [4.78, 5) is 14.4. The standard InChI is InChI=1S/C19H20BrN3O2S/c20-14-7-9-15(10-8-14)25-13-18(24)22-19(26)21-16-5-1-2-6-17(16)23-11-3-4-12-23/h1-2,5-10H,3-4,11-13H2,(H2,21,22,24,26). The van der Waals surface area contributed by atoms with Gasteiger partial charge in [0.05, 0.1) is 11.4 Å². The van der Waals surface area contributed by atoms with Gasteiger partial charge in [0.25, 0.3) is 5.91 Å². The van der Waals surface area contributed by atoms with Gasteiger partial charge in [0, 0.05) is 17.6 Å². The predicted octanol–water partition coefficient (Wildman–Crippen LogP) is 3.94. The van der Waals surface area contributed by atoms with Crippen LogP contribution in [-0.4, -0.2) is 30.7 Å². The minimum Gasteiger partial charge on any atom is -0.484 e. The number of nitrogens with one attached hydrogen (secondary N) is 2. The van der Waals surface area contributed by atoms with E-state index < -0.39 is 0 Å². The van der Waals surface area contributed by atoms with Crippen LogP contribution < -0.4 is 20.3 Å². The van der Waals surface area contributed by atoms with Gasteiger partial charge >= 0.3 is 0 Å². The van der Waals surface area contributed by atoms with Crippen molar-refractivity contribution in [2.45, 2.75) is 12.8 Å². The van der Waals surface area contributed by atoms with Crippen LogP contribution in [0.15, 0.2) is 53.0 Å². The summed E-state index contributed by atoms with van der Waals surface area (Å²) in [6.07, 6.45) is 2.39. The zero-order valence-electron chi connectivity index (χ0n) is 14.2. The normalized spacial score (nSPS) is 13.3. The highest BCUT2D eigenvalue weighted by molar-refractivity contribution is 9.10.